The Labute approximate surface area is 147 Å². The summed E-state index contributed by atoms with van der Waals surface area (Å²) in [5, 5.41) is 1.02. The van der Waals surface area contributed by atoms with Gasteiger partial charge in [0.05, 0.1) is 12.5 Å². The van der Waals surface area contributed by atoms with Crippen molar-refractivity contribution in [2.45, 2.75) is 19.3 Å². The molecule has 0 amide bonds. The highest BCUT2D eigenvalue weighted by Crippen LogP contribution is 2.41. The van der Waals surface area contributed by atoms with E-state index in [-0.39, 0.29) is 5.41 Å². The fourth-order valence-electron chi connectivity index (χ4n) is 3.16. The largest absolute Gasteiger partial charge is 0.497 e. The number of rotatable bonds is 4. The van der Waals surface area contributed by atoms with E-state index in [2.05, 4.69) is 54.7 Å². The average molecular weight is 342 g/mol. The van der Waals surface area contributed by atoms with Gasteiger partial charge in [-0.1, -0.05) is 11.3 Å². The molecular formula is C19H24N3OS+. The summed E-state index contributed by atoms with van der Waals surface area (Å²) >= 11 is 1.69. The van der Waals surface area contributed by atoms with Crippen LogP contribution in [0, 0.1) is 0 Å². The molecule has 126 valence electrons. The van der Waals surface area contributed by atoms with Gasteiger partial charge in [0.15, 0.2) is 10.8 Å². The van der Waals surface area contributed by atoms with Gasteiger partial charge in [0.25, 0.3) is 0 Å². The summed E-state index contributed by atoms with van der Waals surface area (Å²) in [7, 11) is 7.86. The van der Waals surface area contributed by atoms with Crippen molar-refractivity contribution in [1.29, 1.82) is 0 Å². The SMILES string of the molecule is COc1ccc2c(c1)C(C)(C)C(/C=C/c1cnc(N(C)C)s1)=[N+]2C. The molecular weight excluding hydrogens is 318 g/mol. The Morgan fingerprint density at radius 3 is 2.62 bits per heavy atom. The molecule has 1 aliphatic heterocycles. The first kappa shape index (κ1) is 16.7. The number of hydrogen-bond acceptors (Lipinski definition) is 4. The summed E-state index contributed by atoms with van der Waals surface area (Å²) in [5.74, 6) is 0.901. The zero-order valence-corrected chi connectivity index (χ0v) is 15.9. The Balaban J connectivity index is 1.96. The molecule has 0 atom stereocenters. The lowest BCUT2D eigenvalue weighted by atomic mass is 9.81. The van der Waals surface area contributed by atoms with Gasteiger partial charge >= 0.3 is 0 Å². The first-order valence-electron chi connectivity index (χ1n) is 7.95. The molecule has 0 radical (unpaired) electrons. The third-order valence-electron chi connectivity index (χ3n) is 4.54. The van der Waals surface area contributed by atoms with E-state index in [1.165, 1.54) is 17.0 Å². The Bertz CT molecular complexity index is 831. The summed E-state index contributed by atoms with van der Waals surface area (Å²) in [6.07, 6.45) is 6.29. The number of benzene rings is 1. The second kappa shape index (κ2) is 6.06. The van der Waals surface area contributed by atoms with Crippen LogP contribution in [0.2, 0.25) is 0 Å². The number of anilines is 1. The van der Waals surface area contributed by atoms with Crippen LogP contribution in [-0.2, 0) is 5.41 Å². The number of hydrogen-bond donors (Lipinski definition) is 0. The van der Waals surface area contributed by atoms with E-state index in [9.17, 15) is 0 Å². The number of fused-ring (bicyclic) bond motifs is 1. The van der Waals surface area contributed by atoms with Gasteiger partial charge in [-0.2, -0.15) is 4.58 Å². The average Bonchev–Trinajstić information content (AvgIpc) is 3.09. The summed E-state index contributed by atoms with van der Waals surface area (Å²) in [6, 6.07) is 6.29. The lowest BCUT2D eigenvalue weighted by molar-refractivity contribution is -0.401. The maximum Gasteiger partial charge on any atom is 0.209 e. The lowest BCUT2D eigenvalue weighted by Crippen LogP contribution is -2.26. The van der Waals surface area contributed by atoms with Crippen LogP contribution in [0.1, 0.15) is 24.3 Å². The van der Waals surface area contributed by atoms with Crippen LogP contribution >= 0.6 is 11.3 Å². The molecule has 0 fully saturated rings. The molecule has 1 aliphatic rings. The van der Waals surface area contributed by atoms with Gasteiger partial charge in [-0.05, 0) is 32.1 Å². The molecule has 2 heterocycles. The molecule has 5 heteroatoms. The van der Waals surface area contributed by atoms with Gasteiger partial charge in [0.2, 0.25) is 5.69 Å². The van der Waals surface area contributed by atoms with E-state index < -0.39 is 0 Å². The highest BCUT2D eigenvalue weighted by molar-refractivity contribution is 7.16. The molecule has 0 saturated heterocycles. The van der Waals surface area contributed by atoms with Crippen LogP contribution in [0.15, 0.2) is 30.5 Å². The minimum Gasteiger partial charge on any atom is -0.497 e. The fourth-order valence-corrected chi connectivity index (χ4v) is 3.90. The van der Waals surface area contributed by atoms with Gasteiger partial charge in [0.1, 0.15) is 12.8 Å². The third-order valence-corrected chi connectivity index (χ3v) is 5.67. The van der Waals surface area contributed by atoms with Crippen LogP contribution in [0.3, 0.4) is 0 Å². The summed E-state index contributed by atoms with van der Waals surface area (Å²) < 4.78 is 7.66. The minimum atomic E-state index is -0.0653. The van der Waals surface area contributed by atoms with Crippen LogP contribution in [0.5, 0.6) is 5.75 Å². The first-order chi connectivity index (χ1) is 11.3. The Kier molecular flexibility index (Phi) is 4.22. The van der Waals surface area contributed by atoms with Crippen molar-refractivity contribution >= 4 is 33.9 Å². The van der Waals surface area contributed by atoms with Gasteiger partial charge in [-0.25, -0.2) is 4.98 Å². The van der Waals surface area contributed by atoms with Crippen molar-refractivity contribution in [1.82, 2.24) is 4.98 Å². The van der Waals surface area contributed by atoms with Crippen molar-refractivity contribution in [2.24, 2.45) is 0 Å². The van der Waals surface area contributed by atoms with Gasteiger partial charge in [-0.3, -0.25) is 0 Å². The van der Waals surface area contributed by atoms with Gasteiger partial charge in [0, 0.05) is 42.9 Å². The molecule has 0 saturated carbocycles. The van der Waals surface area contributed by atoms with Crippen LogP contribution in [0.4, 0.5) is 10.8 Å². The van der Waals surface area contributed by atoms with E-state index in [0.29, 0.717) is 0 Å². The quantitative estimate of drug-likeness (QED) is 0.788. The monoisotopic (exact) mass is 342 g/mol. The number of ether oxygens (including phenoxy) is 1. The topological polar surface area (TPSA) is 28.4 Å². The van der Waals surface area contributed by atoms with Crippen LogP contribution in [-0.4, -0.2) is 43.5 Å². The van der Waals surface area contributed by atoms with Gasteiger partial charge < -0.3 is 9.64 Å². The zero-order valence-electron chi connectivity index (χ0n) is 15.1. The number of allylic oxidation sites excluding steroid dienone is 1. The van der Waals surface area contributed by atoms with E-state index in [0.717, 1.165) is 15.8 Å². The molecule has 0 unspecified atom stereocenters. The molecule has 0 bridgehead atoms. The van der Waals surface area contributed by atoms with E-state index in [1.807, 2.05) is 31.3 Å². The fraction of sp³-hybridized carbons (Fsp3) is 0.368. The number of thiazole rings is 1. The second-order valence-corrected chi connectivity index (χ2v) is 7.77. The van der Waals surface area contributed by atoms with Crippen molar-refractivity contribution in [3.05, 3.63) is 40.9 Å². The maximum atomic E-state index is 5.40. The van der Waals surface area contributed by atoms with Crippen molar-refractivity contribution < 1.29 is 9.31 Å². The minimum absolute atomic E-state index is 0.0653. The third kappa shape index (κ3) is 2.73. The van der Waals surface area contributed by atoms with Crippen molar-refractivity contribution in [2.75, 3.05) is 33.2 Å². The van der Waals surface area contributed by atoms with E-state index in [4.69, 9.17) is 4.74 Å². The Hall–Kier alpha value is -2.14. The Morgan fingerprint density at radius 1 is 1.25 bits per heavy atom. The maximum absolute atomic E-state index is 5.40. The zero-order chi connectivity index (χ0) is 17.5. The smallest absolute Gasteiger partial charge is 0.209 e. The molecule has 1 aromatic carbocycles. The molecule has 24 heavy (non-hydrogen) atoms. The molecule has 4 nitrogen and oxygen atoms in total. The molecule has 1 aromatic heterocycles. The highest BCUT2D eigenvalue weighted by Gasteiger charge is 2.43. The predicted octanol–water partition coefficient (Wildman–Crippen LogP) is 3.94. The molecule has 3 rings (SSSR count). The highest BCUT2D eigenvalue weighted by atomic mass is 32.1. The van der Waals surface area contributed by atoms with Crippen LogP contribution in [0.25, 0.3) is 6.08 Å². The molecule has 2 aromatic rings. The molecule has 0 N–H and O–H groups in total. The van der Waals surface area contributed by atoms with Crippen molar-refractivity contribution in [3.63, 3.8) is 0 Å². The summed E-state index contributed by atoms with van der Waals surface area (Å²) in [4.78, 5) is 7.62. The normalized spacial score (nSPS) is 15.9. The number of aromatic nitrogens is 1. The van der Waals surface area contributed by atoms with E-state index >= 15 is 0 Å². The predicted molar refractivity (Wildman–Crippen MR) is 102 cm³/mol. The standard InChI is InChI=1S/C19H24N3OS/c1-19(2)15-11-13(23-6)7-9-16(15)22(5)17(19)10-8-14-12-20-18(24-14)21(3)4/h7-12H,1-6H3/q+1. The van der Waals surface area contributed by atoms with Gasteiger partial charge in [-0.15, -0.1) is 0 Å². The summed E-state index contributed by atoms with van der Waals surface area (Å²) in [6.45, 7) is 4.51. The molecule has 0 spiro atoms. The van der Waals surface area contributed by atoms with Crippen molar-refractivity contribution in [3.8, 4) is 5.75 Å². The lowest BCUT2D eigenvalue weighted by Gasteiger charge is -2.15. The Morgan fingerprint density at radius 2 is 2.00 bits per heavy atom. The second-order valence-electron chi connectivity index (χ2n) is 6.73. The summed E-state index contributed by atoms with van der Waals surface area (Å²) in [5.41, 5.74) is 3.73. The number of methoxy groups -OCH3 is 1. The van der Waals surface area contributed by atoms with Crippen LogP contribution < -0.4 is 9.64 Å². The molecule has 0 aliphatic carbocycles. The first-order valence-corrected chi connectivity index (χ1v) is 8.77. The number of nitrogens with zero attached hydrogens (tertiary/aromatic N) is 3. The van der Waals surface area contributed by atoms with E-state index in [1.54, 1.807) is 18.4 Å².